The van der Waals surface area contributed by atoms with Crippen LogP contribution in [-0.2, 0) is 0 Å². The summed E-state index contributed by atoms with van der Waals surface area (Å²) in [6.07, 6.45) is 9.81. The number of hydrogen-bond donors (Lipinski definition) is 1. The van der Waals surface area contributed by atoms with E-state index in [0.717, 1.165) is 6.04 Å². The van der Waals surface area contributed by atoms with Crippen LogP contribution in [0.15, 0.2) is 0 Å². The smallest absolute Gasteiger partial charge is 0.00669 e. The van der Waals surface area contributed by atoms with Crippen molar-refractivity contribution in [1.82, 2.24) is 10.2 Å². The van der Waals surface area contributed by atoms with E-state index in [4.69, 9.17) is 0 Å². The van der Waals surface area contributed by atoms with Crippen LogP contribution in [0, 0.1) is 0 Å². The molecule has 0 saturated carbocycles. The molecule has 0 amide bonds. The largest absolute Gasteiger partial charge is 0.320 e. The molecule has 0 spiro atoms. The fraction of sp³-hybridized carbons (Fsp3) is 1.00. The third-order valence-electron chi connectivity index (χ3n) is 3.56. The van der Waals surface area contributed by atoms with Gasteiger partial charge < -0.3 is 10.2 Å². The van der Waals surface area contributed by atoms with E-state index < -0.39 is 0 Å². The van der Waals surface area contributed by atoms with Gasteiger partial charge in [-0.1, -0.05) is 19.3 Å². The van der Waals surface area contributed by atoms with E-state index in [1.807, 2.05) is 7.05 Å². The normalized spacial score (nSPS) is 24.0. The second-order valence-electron chi connectivity index (χ2n) is 4.90. The Kier molecular flexibility index (Phi) is 7.03. The zero-order chi connectivity index (χ0) is 10.9. The Morgan fingerprint density at radius 3 is 2.80 bits per heavy atom. The highest BCUT2D eigenvalue weighted by atomic mass is 15.1. The molecule has 1 aliphatic heterocycles. The molecule has 1 unspecified atom stereocenters. The first-order chi connectivity index (χ1) is 7.34. The van der Waals surface area contributed by atoms with Crippen molar-refractivity contribution in [3.63, 3.8) is 0 Å². The quantitative estimate of drug-likeness (QED) is 0.681. The van der Waals surface area contributed by atoms with Crippen LogP contribution in [0.1, 0.15) is 51.9 Å². The van der Waals surface area contributed by atoms with Gasteiger partial charge >= 0.3 is 0 Å². The van der Waals surface area contributed by atoms with Crippen molar-refractivity contribution in [2.75, 3.05) is 26.7 Å². The highest BCUT2D eigenvalue weighted by Crippen LogP contribution is 2.16. The van der Waals surface area contributed by atoms with Crippen LogP contribution in [0.4, 0.5) is 0 Å². The van der Waals surface area contributed by atoms with Gasteiger partial charge in [0.15, 0.2) is 0 Å². The molecule has 0 aliphatic carbocycles. The van der Waals surface area contributed by atoms with Crippen molar-refractivity contribution >= 4 is 0 Å². The average Bonchev–Trinajstić information content (AvgIpc) is 2.44. The van der Waals surface area contributed by atoms with Gasteiger partial charge in [-0.3, -0.25) is 0 Å². The Bertz CT molecular complexity index is 147. The van der Waals surface area contributed by atoms with Crippen LogP contribution in [0.5, 0.6) is 0 Å². The lowest BCUT2D eigenvalue weighted by molar-refractivity contribution is 0.209. The number of nitrogens with zero attached hydrogens (tertiary/aromatic N) is 1. The summed E-state index contributed by atoms with van der Waals surface area (Å²) in [5.74, 6) is 0. The minimum atomic E-state index is 0.830. The molecule has 0 aromatic rings. The monoisotopic (exact) mass is 212 g/mol. The standard InChI is InChI=1S/C13H28N2/c1-13-9-5-3-7-11-15(13)12-8-4-6-10-14-2/h13-14H,3-12H2,1-2H3. The first-order valence-corrected chi connectivity index (χ1v) is 6.73. The number of rotatable bonds is 6. The lowest BCUT2D eigenvalue weighted by Crippen LogP contribution is -2.33. The Balaban J connectivity index is 2.07. The van der Waals surface area contributed by atoms with Crippen molar-refractivity contribution < 1.29 is 0 Å². The fourth-order valence-electron chi connectivity index (χ4n) is 2.46. The maximum absolute atomic E-state index is 3.21. The van der Waals surface area contributed by atoms with Crippen LogP contribution in [0.2, 0.25) is 0 Å². The third-order valence-corrected chi connectivity index (χ3v) is 3.56. The maximum Gasteiger partial charge on any atom is 0.00669 e. The fourth-order valence-corrected chi connectivity index (χ4v) is 2.46. The number of likely N-dealkylation sites (tertiary alicyclic amines) is 1. The molecule has 0 bridgehead atoms. The zero-order valence-corrected chi connectivity index (χ0v) is 10.6. The molecule has 0 aromatic carbocycles. The molecule has 1 atom stereocenters. The summed E-state index contributed by atoms with van der Waals surface area (Å²) in [5.41, 5.74) is 0. The highest BCUT2D eigenvalue weighted by molar-refractivity contribution is 4.71. The lowest BCUT2D eigenvalue weighted by Gasteiger charge is -2.26. The van der Waals surface area contributed by atoms with E-state index in [-0.39, 0.29) is 0 Å². The maximum atomic E-state index is 3.21. The van der Waals surface area contributed by atoms with Gasteiger partial charge in [0.2, 0.25) is 0 Å². The SMILES string of the molecule is CNCCCCCN1CCCCCC1C. The molecule has 1 saturated heterocycles. The molecule has 1 rings (SSSR count). The summed E-state index contributed by atoms with van der Waals surface area (Å²) in [7, 11) is 2.04. The predicted molar refractivity (Wildman–Crippen MR) is 67.3 cm³/mol. The molecule has 90 valence electrons. The molecule has 2 heteroatoms. The second kappa shape index (κ2) is 8.12. The highest BCUT2D eigenvalue weighted by Gasteiger charge is 2.15. The van der Waals surface area contributed by atoms with E-state index >= 15 is 0 Å². The van der Waals surface area contributed by atoms with Gasteiger partial charge in [0.25, 0.3) is 0 Å². The lowest BCUT2D eigenvalue weighted by atomic mass is 10.1. The van der Waals surface area contributed by atoms with E-state index in [0.29, 0.717) is 0 Å². The first-order valence-electron chi connectivity index (χ1n) is 6.73. The summed E-state index contributed by atoms with van der Waals surface area (Å²) >= 11 is 0. The summed E-state index contributed by atoms with van der Waals surface area (Å²) in [6, 6.07) is 0.830. The summed E-state index contributed by atoms with van der Waals surface area (Å²) in [4.78, 5) is 2.70. The molecular formula is C13H28N2. The van der Waals surface area contributed by atoms with Gasteiger partial charge in [-0.05, 0) is 59.3 Å². The number of hydrogen-bond acceptors (Lipinski definition) is 2. The van der Waals surface area contributed by atoms with Gasteiger partial charge in [0.05, 0.1) is 0 Å². The number of unbranched alkanes of at least 4 members (excludes halogenated alkanes) is 2. The van der Waals surface area contributed by atoms with E-state index in [9.17, 15) is 0 Å². The number of nitrogens with one attached hydrogen (secondary N) is 1. The van der Waals surface area contributed by atoms with Crippen molar-refractivity contribution in [2.24, 2.45) is 0 Å². The second-order valence-corrected chi connectivity index (χ2v) is 4.90. The van der Waals surface area contributed by atoms with Crippen LogP contribution in [0.25, 0.3) is 0 Å². The molecule has 1 fully saturated rings. The molecule has 0 aromatic heterocycles. The van der Waals surface area contributed by atoms with Crippen LogP contribution in [-0.4, -0.2) is 37.6 Å². The molecule has 15 heavy (non-hydrogen) atoms. The molecule has 1 aliphatic rings. The third kappa shape index (κ3) is 5.53. The Labute approximate surface area is 95.4 Å². The summed E-state index contributed by atoms with van der Waals surface area (Å²) in [5, 5.41) is 3.21. The van der Waals surface area contributed by atoms with Crippen LogP contribution in [0.3, 0.4) is 0 Å². The minimum Gasteiger partial charge on any atom is -0.320 e. The topological polar surface area (TPSA) is 15.3 Å². The van der Waals surface area contributed by atoms with Crippen molar-refractivity contribution in [1.29, 1.82) is 0 Å². The van der Waals surface area contributed by atoms with Gasteiger partial charge in [0, 0.05) is 6.04 Å². The van der Waals surface area contributed by atoms with Crippen molar-refractivity contribution in [3.05, 3.63) is 0 Å². The molecule has 1 N–H and O–H groups in total. The Hall–Kier alpha value is -0.0800. The summed E-state index contributed by atoms with van der Waals surface area (Å²) < 4.78 is 0. The van der Waals surface area contributed by atoms with E-state index in [1.54, 1.807) is 0 Å². The van der Waals surface area contributed by atoms with Gasteiger partial charge in [-0.15, -0.1) is 0 Å². The average molecular weight is 212 g/mol. The molecule has 2 nitrogen and oxygen atoms in total. The van der Waals surface area contributed by atoms with Crippen molar-refractivity contribution in [2.45, 2.75) is 57.9 Å². The minimum absolute atomic E-state index is 0.830. The van der Waals surface area contributed by atoms with E-state index in [1.165, 1.54) is 64.6 Å². The van der Waals surface area contributed by atoms with Gasteiger partial charge in [0.1, 0.15) is 0 Å². The van der Waals surface area contributed by atoms with Crippen LogP contribution < -0.4 is 5.32 Å². The summed E-state index contributed by atoms with van der Waals surface area (Å²) in [6.45, 7) is 6.24. The van der Waals surface area contributed by atoms with E-state index in [2.05, 4.69) is 17.1 Å². The van der Waals surface area contributed by atoms with Crippen molar-refractivity contribution in [3.8, 4) is 0 Å². The molecule has 1 heterocycles. The Morgan fingerprint density at radius 2 is 2.00 bits per heavy atom. The van der Waals surface area contributed by atoms with Gasteiger partial charge in [-0.25, -0.2) is 0 Å². The Morgan fingerprint density at radius 1 is 1.13 bits per heavy atom. The zero-order valence-electron chi connectivity index (χ0n) is 10.6. The van der Waals surface area contributed by atoms with Crippen LogP contribution >= 0.6 is 0 Å². The first kappa shape index (κ1) is 13.0. The van der Waals surface area contributed by atoms with Gasteiger partial charge in [-0.2, -0.15) is 0 Å². The molecule has 0 radical (unpaired) electrons. The predicted octanol–water partition coefficient (Wildman–Crippen LogP) is 2.64. The molecular weight excluding hydrogens is 184 g/mol.